The number of carbonyl (C=O) groups is 1. The largest absolute Gasteiger partial charge is 0.382 e. The van der Waals surface area contributed by atoms with Crippen LogP contribution in [0.15, 0.2) is 24.3 Å². The lowest BCUT2D eigenvalue weighted by atomic mass is 10.1. The molecule has 1 saturated heterocycles. The molecule has 1 heterocycles. The summed E-state index contributed by atoms with van der Waals surface area (Å²) in [7, 11) is 1.64. The molecule has 0 unspecified atom stereocenters. The summed E-state index contributed by atoms with van der Waals surface area (Å²) >= 11 is 0. The zero-order valence-corrected chi connectivity index (χ0v) is 12.1. The number of morpholine rings is 1. The highest BCUT2D eigenvalue weighted by Gasteiger charge is 2.24. The van der Waals surface area contributed by atoms with Gasteiger partial charge in [0, 0.05) is 19.3 Å². The molecule has 2 rings (SSSR count). The van der Waals surface area contributed by atoms with Gasteiger partial charge in [-0.05, 0) is 24.1 Å². The van der Waals surface area contributed by atoms with Gasteiger partial charge in [-0.1, -0.05) is 19.1 Å². The number of benzene rings is 1. The number of methoxy groups -OCH3 is 1. The Kier molecular flexibility index (Phi) is 5.38. The average Bonchev–Trinajstić information content (AvgIpc) is 2.48. The molecule has 0 aliphatic carbocycles. The summed E-state index contributed by atoms with van der Waals surface area (Å²) in [5, 5.41) is 2.94. The van der Waals surface area contributed by atoms with Crippen LogP contribution in [-0.2, 0) is 15.9 Å². The average molecular weight is 278 g/mol. The van der Waals surface area contributed by atoms with E-state index in [1.54, 1.807) is 12.0 Å². The maximum atomic E-state index is 12.2. The van der Waals surface area contributed by atoms with Crippen molar-refractivity contribution >= 4 is 11.7 Å². The van der Waals surface area contributed by atoms with Crippen molar-refractivity contribution in [3.05, 3.63) is 29.8 Å². The Bertz CT molecular complexity index is 448. The van der Waals surface area contributed by atoms with Crippen LogP contribution in [0.5, 0.6) is 0 Å². The molecule has 0 bridgehead atoms. The first kappa shape index (κ1) is 14.8. The molecule has 5 nitrogen and oxygen atoms in total. The molecule has 1 N–H and O–H groups in total. The summed E-state index contributed by atoms with van der Waals surface area (Å²) in [5.74, 6) is 0. The third kappa shape index (κ3) is 3.95. The Hall–Kier alpha value is -1.59. The van der Waals surface area contributed by atoms with Gasteiger partial charge >= 0.3 is 6.03 Å². The highest BCUT2D eigenvalue weighted by Crippen LogP contribution is 2.13. The Morgan fingerprint density at radius 3 is 3.15 bits per heavy atom. The van der Waals surface area contributed by atoms with Gasteiger partial charge in [-0.15, -0.1) is 0 Å². The van der Waals surface area contributed by atoms with Crippen LogP contribution in [0.3, 0.4) is 0 Å². The molecule has 0 aromatic heterocycles. The van der Waals surface area contributed by atoms with Crippen molar-refractivity contribution in [1.29, 1.82) is 0 Å². The van der Waals surface area contributed by atoms with Crippen LogP contribution in [0.25, 0.3) is 0 Å². The second-order valence-electron chi connectivity index (χ2n) is 4.88. The first-order chi connectivity index (χ1) is 9.72. The SMILES string of the molecule is CCc1cccc(NC(=O)N2CCO[C@@H](COC)C2)c1. The molecular formula is C15H22N2O3. The second-order valence-corrected chi connectivity index (χ2v) is 4.88. The molecule has 5 heteroatoms. The van der Waals surface area contributed by atoms with Crippen molar-refractivity contribution in [1.82, 2.24) is 4.90 Å². The molecule has 0 spiro atoms. The number of amides is 2. The summed E-state index contributed by atoms with van der Waals surface area (Å²) in [6.45, 7) is 4.33. The maximum absolute atomic E-state index is 12.2. The van der Waals surface area contributed by atoms with Crippen LogP contribution in [0.4, 0.5) is 10.5 Å². The molecule has 1 fully saturated rings. The lowest BCUT2D eigenvalue weighted by Gasteiger charge is -2.32. The number of aryl methyl sites for hydroxylation is 1. The van der Waals surface area contributed by atoms with E-state index in [0.717, 1.165) is 12.1 Å². The van der Waals surface area contributed by atoms with Crippen molar-refractivity contribution in [2.75, 3.05) is 38.7 Å². The second kappa shape index (κ2) is 7.26. The van der Waals surface area contributed by atoms with E-state index >= 15 is 0 Å². The number of nitrogens with one attached hydrogen (secondary N) is 1. The van der Waals surface area contributed by atoms with Crippen molar-refractivity contribution in [2.24, 2.45) is 0 Å². The van der Waals surface area contributed by atoms with Crippen LogP contribution in [0.2, 0.25) is 0 Å². The number of hydrogen-bond donors (Lipinski definition) is 1. The monoisotopic (exact) mass is 278 g/mol. The molecule has 1 aromatic rings. The zero-order valence-electron chi connectivity index (χ0n) is 12.1. The number of rotatable bonds is 4. The number of ether oxygens (including phenoxy) is 2. The van der Waals surface area contributed by atoms with Gasteiger partial charge in [-0.2, -0.15) is 0 Å². The number of urea groups is 1. The van der Waals surface area contributed by atoms with E-state index in [1.807, 2.05) is 18.2 Å². The summed E-state index contributed by atoms with van der Waals surface area (Å²) in [4.78, 5) is 14.0. The first-order valence-corrected chi connectivity index (χ1v) is 6.98. The van der Waals surface area contributed by atoms with Gasteiger partial charge in [0.05, 0.1) is 25.9 Å². The number of hydrogen-bond acceptors (Lipinski definition) is 3. The summed E-state index contributed by atoms with van der Waals surface area (Å²) in [6, 6.07) is 7.85. The smallest absolute Gasteiger partial charge is 0.322 e. The minimum absolute atomic E-state index is 0.0403. The molecular weight excluding hydrogens is 256 g/mol. The Balaban J connectivity index is 1.93. The van der Waals surface area contributed by atoms with Gasteiger partial charge in [0.1, 0.15) is 0 Å². The lowest BCUT2D eigenvalue weighted by Crippen LogP contribution is -2.48. The van der Waals surface area contributed by atoms with E-state index in [-0.39, 0.29) is 12.1 Å². The summed E-state index contributed by atoms with van der Waals surface area (Å²) in [5.41, 5.74) is 2.05. The minimum atomic E-state index is -0.0809. The standard InChI is InChI=1S/C15H22N2O3/c1-3-12-5-4-6-13(9-12)16-15(18)17-7-8-20-14(10-17)11-19-2/h4-6,9,14H,3,7-8,10-11H2,1-2H3,(H,16,18)/t14-/m1/s1. The highest BCUT2D eigenvalue weighted by molar-refractivity contribution is 5.89. The van der Waals surface area contributed by atoms with Crippen molar-refractivity contribution in [3.63, 3.8) is 0 Å². The molecule has 1 atom stereocenters. The van der Waals surface area contributed by atoms with Crippen LogP contribution in [0, 0.1) is 0 Å². The van der Waals surface area contributed by atoms with Gasteiger partial charge in [0.25, 0.3) is 0 Å². The van der Waals surface area contributed by atoms with Gasteiger partial charge in [0.2, 0.25) is 0 Å². The third-order valence-electron chi connectivity index (χ3n) is 3.37. The fraction of sp³-hybridized carbons (Fsp3) is 0.533. The van der Waals surface area contributed by atoms with E-state index in [9.17, 15) is 4.79 Å². The molecule has 1 aromatic carbocycles. The van der Waals surface area contributed by atoms with Gasteiger partial charge in [-0.3, -0.25) is 0 Å². The van der Waals surface area contributed by atoms with Crippen molar-refractivity contribution < 1.29 is 14.3 Å². The van der Waals surface area contributed by atoms with E-state index in [4.69, 9.17) is 9.47 Å². The topological polar surface area (TPSA) is 50.8 Å². The van der Waals surface area contributed by atoms with E-state index in [2.05, 4.69) is 18.3 Å². The fourth-order valence-electron chi connectivity index (χ4n) is 2.26. The molecule has 110 valence electrons. The fourth-order valence-corrected chi connectivity index (χ4v) is 2.26. The molecule has 1 aliphatic heterocycles. The molecule has 0 radical (unpaired) electrons. The molecule has 2 amide bonds. The van der Waals surface area contributed by atoms with Gasteiger partial charge < -0.3 is 19.7 Å². The first-order valence-electron chi connectivity index (χ1n) is 6.98. The van der Waals surface area contributed by atoms with Gasteiger partial charge in [-0.25, -0.2) is 4.79 Å². The zero-order chi connectivity index (χ0) is 14.4. The van der Waals surface area contributed by atoms with Crippen LogP contribution in [0.1, 0.15) is 12.5 Å². The lowest BCUT2D eigenvalue weighted by molar-refractivity contribution is -0.0481. The van der Waals surface area contributed by atoms with Crippen molar-refractivity contribution in [2.45, 2.75) is 19.4 Å². The number of carbonyl (C=O) groups excluding carboxylic acids is 1. The Morgan fingerprint density at radius 2 is 2.40 bits per heavy atom. The summed E-state index contributed by atoms with van der Waals surface area (Å²) in [6.07, 6.45) is 0.915. The van der Waals surface area contributed by atoms with Crippen molar-refractivity contribution in [3.8, 4) is 0 Å². The number of anilines is 1. The van der Waals surface area contributed by atoms with Crippen LogP contribution in [-0.4, -0.2) is 50.4 Å². The van der Waals surface area contributed by atoms with E-state index in [0.29, 0.717) is 26.3 Å². The Labute approximate surface area is 119 Å². The maximum Gasteiger partial charge on any atom is 0.322 e. The van der Waals surface area contributed by atoms with E-state index < -0.39 is 0 Å². The van der Waals surface area contributed by atoms with Gasteiger partial charge in [0.15, 0.2) is 0 Å². The highest BCUT2D eigenvalue weighted by atomic mass is 16.5. The Morgan fingerprint density at radius 1 is 1.55 bits per heavy atom. The van der Waals surface area contributed by atoms with Crippen LogP contribution >= 0.6 is 0 Å². The molecule has 0 saturated carbocycles. The minimum Gasteiger partial charge on any atom is -0.382 e. The normalized spacial score (nSPS) is 18.9. The van der Waals surface area contributed by atoms with Crippen LogP contribution < -0.4 is 5.32 Å². The summed E-state index contributed by atoms with van der Waals surface area (Å²) < 4.78 is 10.6. The molecule has 20 heavy (non-hydrogen) atoms. The number of nitrogens with zero attached hydrogens (tertiary/aromatic N) is 1. The predicted octanol–water partition coefficient (Wildman–Crippen LogP) is 2.13. The third-order valence-corrected chi connectivity index (χ3v) is 3.37. The van der Waals surface area contributed by atoms with E-state index in [1.165, 1.54) is 5.56 Å². The predicted molar refractivity (Wildman–Crippen MR) is 78.0 cm³/mol. The quantitative estimate of drug-likeness (QED) is 0.918. The molecule has 1 aliphatic rings.